The number of ether oxygens (including phenoxy) is 1. The van der Waals surface area contributed by atoms with Gasteiger partial charge in [-0.2, -0.15) is 0 Å². The Kier molecular flexibility index (Phi) is 6.34. The number of hydrogen-bond donors (Lipinski definition) is 2. The van der Waals surface area contributed by atoms with Crippen molar-refractivity contribution in [3.63, 3.8) is 0 Å². The third-order valence-corrected chi connectivity index (χ3v) is 3.27. The zero-order valence-corrected chi connectivity index (χ0v) is 13.6. The molecule has 7 heteroatoms. The third-order valence-electron chi connectivity index (χ3n) is 3.27. The van der Waals surface area contributed by atoms with E-state index in [2.05, 4.69) is 5.32 Å². The third kappa shape index (κ3) is 4.69. The standard InChI is InChI=1S/C15H21N3O3.ClH/c1-15(2,16)14(20)17-12-5-3-11(4-6-12)13(19)18-7-9-21-10-8-18;/h3-6H,7-10,16H2,1-2H3,(H,17,20);1H. The number of nitrogens with two attached hydrogens (primary N) is 1. The molecule has 1 aliphatic rings. The maximum Gasteiger partial charge on any atom is 0.254 e. The van der Waals surface area contributed by atoms with E-state index in [4.69, 9.17) is 10.5 Å². The summed E-state index contributed by atoms with van der Waals surface area (Å²) >= 11 is 0. The molecule has 2 rings (SSSR count). The van der Waals surface area contributed by atoms with Gasteiger partial charge in [0.25, 0.3) is 5.91 Å². The first-order valence-electron chi connectivity index (χ1n) is 6.95. The van der Waals surface area contributed by atoms with Crippen LogP contribution in [0, 0.1) is 0 Å². The summed E-state index contributed by atoms with van der Waals surface area (Å²) in [6.07, 6.45) is 0. The van der Waals surface area contributed by atoms with E-state index in [-0.39, 0.29) is 24.2 Å². The lowest BCUT2D eigenvalue weighted by atomic mass is 10.1. The molecule has 0 unspecified atom stereocenters. The summed E-state index contributed by atoms with van der Waals surface area (Å²) in [6, 6.07) is 6.82. The summed E-state index contributed by atoms with van der Waals surface area (Å²) < 4.78 is 5.23. The second-order valence-corrected chi connectivity index (χ2v) is 5.66. The van der Waals surface area contributed by atoms with Gasteiger partial charge >= 0.3 is 0 Å². The number of nitrogens with one attached hydrogen (secondary N) is 1. The first kappa shape index (κ1) is 18.4. The Morgan fingerprint density at radius 3 is 2.23 bits per heavy atom. The smallest absolute Gasteiger partial charge is 0.254 e. The van der Waals surface area contributed by atoms with Crippen molar-refractivity contribution < 1.29 is 14.3 Å². The summed E-state index contributed by atoms with van der Waals surface area (Å²) in [5.74, 6) is -0.287. The van der Waals surface area contributed by atoms with E-state index in [9.17, 15) is 9.59 Å². The van der Waals surface area contributed by atoms with Gasteiger partial charge in [0.1, 0.15) is 0 Å². The van der Waals surface area contributed by atoms with Crippen LogP contribution in [-0.2, 0) is 9.53 Å². The fourth-order valence-electron chi connectivity index (χ4n) is 1.94. The van der Waals surface area contributed by atoms with Gasteiger partial charge in [0.05, 0.1) is 18.8 Å². The van der Waals surface area contributed by atoms with E-state index in [1.54, 1.807) is 43.0 Å². The van der Waals surface area contributed by atoms with E-state index < -0.39 is 5.54 Å². The predicted molar refractivity (Wildman–Crippen MR) is 87.3 cm³/mol. The normalized spacial score (nSPS) is 15.0. The highest BCUT2D eigenvalue weighted by Gasteiger charge is 2.22. The molecule has 122 valence electrons. The summed E-state index contributed by atoms with van der Waals surface area (Å²) in [5, 5.41) is 2.72. The molecule has 0 radical (unpaired) electrons. The van der Waals surface area contributed by atoms with Crippen LogP contribution in [0.1, 0.15) is 24.2 Å². The summed E-state index contributed by atoms with van der Waals surface area (Å²) in [6.45, 7) is 5.64. The maximum absolute atomic E-state index is 12.3. The monoisotopic (exact) mass is 327 g/mol. The van der Waals surface area contributed by atoms with Crippen LogP contribution in [0.25, 0.3) is 0 Å². The maximum atomic E-state index is 12.3. The number of halogens is 1. The predicted octanol–water partition coefficient (Wildman–Crippen LogP) is 1.26. The largest absolute Gasteiger partial charge is 0.378 e. The van der Waals surface area contributed by atoms with Gasteiger partial charge in [0.2, 0.25) is 5.91 Å². The lowest BCUT2D eigenvalue weighted by Crippen LogP contribution is -2.45. The van der Waals surface area contributed by atoms with E-state index in [1.807, 2.05) is 0 Å². The number of anilines is 1. The van der Waals surface area contributed by atoms with Crippen molar-refractivity contribution in [2.45, 2.75) is 19.4 Å². The molecule has 0 spiro atoms. The van der Waals surface area contributed by atoms with Crippen molar-refractivity contribution in [2.75, 3.05) is 31.6 Å². The van der Waals surface area contributed by atoms with Crippen LogP contribution in [-0.4, -0.2) is 48.6 Å². The van der Waals surface area contributed by atoms with Gasteiger partial charge in [-0.1, -0.05) is 0 Å². The lowest BCUT2D eigenvalue weighted by Gasteiger charge is -2.27. The molecule has 1 aliphatic heterocycles. The molecule has 1 aromatic carbocycles. The minimum Gasteiger partial charge on any atom is -0.378 e. The van der Waals surface area contributed by atoms with Crippen LogP contribution in [0.3, 0.4) is 0 Å². The zero-order chi connectivity index (χ0) is 15.5. The van der Waals surface area contributed by atoms with Gasteiger partial charge in [-0.25, -0.2) is 0 Å². The Bertz CT molecular complexity index is 520. The summed E-state index contributed by atoms with van der Waals surface area (Å²) in [7, 11) is 0. The summed E-state index contributed by atoms with van der Waals surface area (Å²) in [4.78, 5) is 25.8. The number of benzene rings is 1. The van der Waals surface area contributed by atoms with E-state index >= 15 is 0 Å². The van der Waals surface area contributed by atoms with E-state index in [0.717, 1.165) is 0 Å². The van der Waals surface area contributed by atoms with Gasteiger partial charge in [-0.05, 0) is 38.1 Å². The van der Waals surface area contributed by atoms with Crippen molar-refractivity contribution in [1.82, 2.24) is 4.90 Å². The van der Waals surface area contributed by atoms with Crippen LogP contribution in [0.15, 0.2) is 24.3 Å². The Balaban J connectivity index is 0.00000242. The van der Waals surface area contributed by atoms with Crippen LogP contribution < -0.4 is 11.1 Å². The average molecular weight is 328 g/mol. The van der Waals surface area contributed by atoms with Crippen LogP contribution in [0.2, 0.25) is 0 Å². The van der Waals surface area contributed by atoms with Crippen molar-refractivity contribution in [1.29, 1.82) is 0 Å². The highest BCUT2D eigenvalue weighted by Crippen LogP contribution is 2.14. The molecule has 1 saturated heterocycles. The van der Waals surface area contributed by atoms with Crippen molar-refractivity contribution in [3.05, 3.63) is 29.8 Å². The Morgan fingerprint density at radius 1 is 1.18 bits per heavy atom. The zero-order valence-electron chi connectivity index (χ0n) is 12.8. The number of nitrogens with zero attached hydrogens (tertiary/aromatic N) is 1. The van der Waals surface area contributed by atoms with Crippen LogP contribution >= 0.6 is 12.4 Å². The number of morpholine rings is 1. The fraction of sp³-hybridized carbons (Fsp3) is 0.467. The van der Waals surface area contributed by atoms with E-state index in [1.165, 1.54) is 0 Å². The molecule has 1 heterocycles. The van der Waals surface area contributed by atoms with Gasteiger partial charge in [-0.15, -0.1) is 12.4 Å². The quantitative estimate of drug-likeness (QED) is 0.875. The molecular formula is C15H22ClN3O3. The minimum atomic E-state index is -0.942. The second-order valence-electron chi connectivity index (χ2n) is 5.66. The molecule has 1 aromatic rings. The summed E-state index contributed by atoms with van der Waals surface area (Å²) in [5.41, 5.74) is 6.00. The molecule has 0 saturated carbocycles. The highest BCUT2D eigenvalue weighted by atomic mass is 35.5. The molecule has 22 heavy (non-hydrogen) atoms. The number of carbonyl (C=O) groups excluding carboxylic acids is 2. The van der Waals surface area contributed by atoms with Crippen molar-refractivity contribution >= 4 is 29.9 Å². The molecule has 1 fully saturated rings. The fourth-order valence-corrected chi connectivity index (χ4v) is 1.94. The molecule has 0 bridgehead atoms. The highest BCUT2D eigenvalue weighted by molar-refractivity contribution is 5.98. The minimum absolute atomic E-state index is 0. The van der Waals surface area contributed by atoms with Crippen LogP contribution in [0.5, 0.6) is 0 Å². The van der Waals surface area contributed by atoms with E-state index in [0.29, 0.717) is 37.6 Å². The van der Waals surface area contributed by atoms with Gasteiger partial charge in [0, 0.05) is 24.3 Å². The first-order valence-corrected chi connectivity index (χ1v) is 6.95. The van der Waals surface area contributed by atoms with Gasteiger partial charge in [0.15, 0.2) is 0 Å². The molecule has 3 N–H and O–H groups in total. The topological polar surface area (TPSA) is 84.7 Å². The Morgan fingerprint density at radius 2 is 1.73 bits per heavy atom. The molecular weight excluding hydrogens is 306 g/mol. The van der Waals surface area contributed by atoms with Crippen molar-refractivity contribution in [2.24, 2.45) is 5.73 Å². The Hall–Kier alpha value is -1.63. The van der Waals surface area contributed by atoms with Crippen molar-refractivity contribution in [3.8, 4) is 0 Å². The second kappa shape index (κ2) is 7.58. The average Bonchev–Trinajstić information content (AvgIpc) is 2.47. The van der Waals surface area contributed by atoms with Gasteiger partial charge in [-0.3, -0.25) is 9.59 Å². The number of rotatable bonds is 3. The lowest BCUT2D eigenvalue weighted by molar-refractivity contribution is -0.120. The van der Waals surface area contributed by atoms with Gasteiger partial charge < -0.3 is 20.7 Å². The molecule has 6 nitrogen and oxygen atoms in total. The van der Waals surface area contributed by atoms with Crippen LogP contribution in [0.4, 0.5) is 5.69 Å². The Labute approximate surface area is 136 Å². The molecule has 0 atom stereocenters. The number of carbonyl (C=O) groups is 2. The molecule has 0 aliphatic carbocycles. The molecule has 2 amide bonds. The molecule has 0 aromatic heterocycles. The first-order chi connectivity index (χ1) is 9.88. The SMILES string of the molecule is CC(C)(N)C(=O)Nc1ccc(C(=O)N2CCOCC2)cc1.Cl. The number of amides is 2. The number of hydrogen-bond acceptors (Lipinski definition) is 4.